The fourth-order valence-electron chi connectivity index (χ4n) is 1.62. The number of rotatable bonds is 3. The van der Waals surface area contributed by atoms with Crippen LogP contribution in [-0.4, -0.2) is 18.8 Å². The van der Waals surface area contributed by atoms with E-state index < -0.39 is 15.1 Å². The maximum Gasteiger partial charge on any atom is 0.156 e. The number of sulfone groups is 1. The zero-order valence-electron chi connectivity index (χ0n) is 9.67. The number of hydrogen-bond acceptors (Lipinski definition) is 4. The summed E-state index contributed by atoms with van der Waals surface area (Å²) in [6.07, 6.45) is 0. The van der Waals surface area contributed by atoms with Crippen LogP contribution in [0.1, 0.15) is 19.4 Å². The van der Waals surface area contributed by atoms with Crippen molar-refractivity contribution >= 4 is 31.3 Å². The number of phenolic OH excluding ortho intramolecular Hbond substituents is 1. The van der Waals surface area contributed by atoms with Crippen molar-refractivity contribution in [3.63, 3.8) is 0 Å². The number of phenols is 1. The minimum atomic E-state index is -3.13. The molecule has 2 aromatic rings. The molecule has 0 fully saturated rings. The Morgan fingerprint density at radius 3 is 2.71 bits per heavy atom. The van der Waals surface area contributed by atoms with Crippen LogP contribution in [0.15, 0.2) is 23.6 Å². The lowest BCUT2D eigenvalue weighted by molar-refractivity contribution is 0.481. The summed E-state index contributed by atoms with van der Waals surface area (Å²) in [4.78, 5) is 0. The summed E-state index contributed by atoms with van der Waals surface area (Å²) in [6.45, 7) is 3.34. The van der Waals surface area contributed by atoms with Gasteiger partial charge in [-0.05, 0) is 36.9 Å². The molecule has 0 amide bonds. The summed E-state index contributed by atoms with van der Waals surface area (Å²) < 4.78 is 24.7. The van der Waals surface area contributed by atoms with Crippen LogP contribution in [0.3, 0.4) is 0 Å². The van der Waals surface area contributed by atoms with Gasteiger partial charge in [0.15, 0.2) is 9.84 Å². The van der Waals surface area contributed by atoms with Gasteiger partial charge in [0.25, 0.3) is 0 Å². The van der Waals surface area contributed by atoms with E-state index in [1.807, 2.05) is 11.4 Å². The van der Waals surface area contributed by atoms with E-state index in [0.29, 0.717) is 10.9 Å². The molecule has 0 radical (unpaired) electrons. The first-order valence-corrected chi connectivity index (χ1v) is 7.91. The molecule has 2 rings (SSSR count). The van der Waals surface area contributed by atoms with E-state index in [2.05, 4.69) is 0 Å². The molecule has 1 aromatic carbocycles. The minimum Gasteiger partial charge on any atom is -0.507 e. The normalized spacial score (nSPS) is 12.4. The molecule has 0 aliphatic rings. The summed E-state index contributed by atoms with van der Waals surface area (Å²) in [7, 11) is -3.13. The Morgan fingerprint density at radius 1 is 1.35 bits per heavy atom. The Balaban J connectivity index is 2.51. The lowest BCUT2D eigenvalue weighted by atomic mass is 10.2. The third-order valence-corrected chi connectivity index (χ3v) is 5.87. The molecule has 1 heterocycles. The minimum absolute atomic E-state index is 0.0117. The van der Waals surface area contributed by atoms with Gasteiger partial charge in [-0.3, -0.25) is 0 Å². The van der Waals surface area contributed by atoms with E-state index in [9.17, 15) is 13.5 Å². The lowest BCUT2D eigenvalue weighted by Gasteiger charge is -2.07. The van der Waals surface area contributed by atoms with Crippen LogP contribution in [0, 0.1) is 0 Å². The second kappa shape index (κ2) is 4.31. The van der Waals surface area contributed by atoms with Crippen molar-refractivity contribution in [3.05, 3.63) is 29.1 Å². The average molecular weight is 270 g/mol. The molecule has 1 N–H and O–H groups in total. The molecular weight excluding hydrogens is 256 g/mol. The summed E-state index contributed by atoms with van der Waals surface area (Å²) in [5.74, 6) is 0.139. The van der Waals surface area contributed by atoms with Gasteiger partial charge in [-0.2, -0.15) is 0 Å². The largest absolute Gasteiger partial charge is 0.507 e. The second-order valence-corrected chi connectivity index (χ2v) is 7.74. The van der Waals surface area contributed by atoms with Crippen molar-refractivity contribution in [2.75, 3.05) is 0 Å². The Morgan fingerprint density at radius 2 is 2.06 bits per heavy atom. The molecule has 0 unspecified atom stereocenters. The zero-order valence-corrected chi connectivity index (χ0v) is 11.3. The molecule has 17 heavy (non-hydrogen) atoms. The van der Waals surface area contributed by atoms with E-state index >= 15 is 0 Å². The number of benzene rings is 1. The fraction of sp³-hybridized carbons (Fsp3) is 0.333. The van der Waals surface area contributed by atoms with Crippen molar-refractivity contribution in [1.82, 2.24) is 0 Å². The molecular formula is C12H14O3S2. The highest BCUT2D eigenvalue weighted by molar-refractivity contribution is 7.91. The van der Waals surface area contributed by atoms with Gasteiger partial charge < -0.3 is 5.11 Å². The third-order valence-electron chi connectivity index (χ3n) is 2.73. The molecule has 0 spiro atoms. The van der Waals surface area contributed by atoms with Gasteiger partial charge in [-0.15, -0.1) is 11.3 Å². The molecule has 0 aliphatic carbocycles. The van der Waals surface area contributed by atoms with E-state index in [-0.39, 0.29) is 11.5 Å². The number of aromatic hydroxyl groups is 1. The van der Waals surface area contributed by atoms with Gasteiger partial charge in [0.1, 0.15) is 5.75 Å². The van der Waals surface area contributed by atoms with E-state index in [1.54, 1.807) is 26.0 Å². The SMILES string of the molecule is CC(C)S(=O)(=O)Cc1csc2cccc(O)c12. The van der Waals surface area contributed by atoms with Crippen LogP contribution in [0.25, 0.3) is 10.1 Å². The highest BCUT2D eigenvalue weighted by Crippen LogP contribution is 2.34. The number of fused-ring (bicyclic) bond motifs is 1. The summed E-state index contributed by atoms with van der Waals surface area (Å²) in [5, 5.41) is 11.9. The van der Waals surface area contributed by atoms with E-state index in [1.165, 1.54) is 11.3 Å². The molecule has 5 heteroatoms. The average Bonchev–Trinajstić information content (AvgIpc) is 2.62. The van der Waals surface area contributed by atoms with Crippen molar-refractivity contribution < 1.29 is 13.5 Å². The molecule has 0 atom stereocenters. The zero-order chi connectivity index (χ0) is 12.6. The van der Waals surface area contributed by atoms with Crippen LogP contribution in [0.2, 0.25) is 0 Å². The van der Waals surface area contributed by atoms with E-state index in [4.69, 9.17) is 0 Å². The van der Waals surface area contributed by atoms with Gasteiger partial charge in [-0.1, -0.05) is 6.07 Å². The highest BCUT2D eigenvalue weighted by atomic mass is 32.2. The third kappa shape index (κ3) is 2.30. The highest BCUT2D eigenvalue weighted by Gasteiger charge is 2.20. The van der Waals surface area contributed by atoms with Crippen molar-refractivity contribution in [2.45, 2.75) is 24.9 Å². The Bertz CT molecular complexity index is 639. The first kappa shape index (κ1) is 12.4. The van der Waals surface area contributed by atoms with Crippen LogP contribution in [0.5, 0.6) is 5.75 Å². The van der Waals surface area contributed by atoms with Gasteiger partial charge in [0.2, 0.25) is 0 Å². The van der Waals surface area contributed by atoms with Crippen molar-refractivity contribution in [3.8, 4) is 5.75 Å². The Kier molecular flexibility index (Phi) is 3.14. The molecule has 1 aromatic heterocycles. The standard InChI is InChI=1S/C12H14O3S2/c1-8(2)17(14,15)7-9-6-16-11-5-3-4-10(13)12(9)11/h3-6,8,13H,7H2,1-2H3. The molecule has 0 saturated carbocycles. The fourth-order valence-corrected chi connectivity index (χ4v) is 3.70. The molecule has 0 aliphatic heterocycles. The predicted molar refractivity (Wildman–Crippen MR) is 71.2 cm³/mol. The number of hydrogen-bond donors (Lipinski definition) is 1. The van der Waals surface area contributed by atoms with Gasteiger partial charge >= 0.3 is 0 Å². The maximum atomic E-state index is 11.9. The molecule has 0 bridgehead atoms. The van der Waals surface area contributed by atoms with Gasteiger partial charge in [0.05, 0.1) is 11.0 Å². The first-order valence-electron chi connectivity index (χ1n) is 5.31. The van der Waals surface area contributed by atoms with Crippen LogP contribution < -0.4 is 0 Å². The van der Waals surface area contributed by atoms with Gasteiger partial charge in [0, 0.05) is 10.1 Å². The van der Waals surface area contributed by atoms with Gasteiger partial charge in [-0.25, -0.2) is 8.42 Å². The summed E-state index contributed by atoms with van der Waals surface area (Å²) in [5.41, 5.74) is 0.691. The molecule has 92 valence electrons. The first-order chi connectivity index (χ1) is 7.92. The monoisotopic (exact) mass is 270 g/mol. The number of thiophene rings is 1. The maximum absolute atomic E-state index is 11.9. The Hall–Kier alpha value is -1.07. The van der Waals surface area contributed by atoms with Crippen LogP contribution in [0.4, 0.5) is 0 Å². The second-order valence-electron chi connectivity index (χ2n) is 4.27. The summed E-state index contributed by atoms with van der Waals surface area (Å²) in [6, 6.07) is 5.22. The van der Waals surface area contributed by atoms with E-state index in [0.717, 1.165) is 4.70 Å². The van der Waals surface area contributed by atoms with Crippen LogP contribution in [-0.2, 0) is 15.6 Å². The smallest absolute Gasteiger partial charge is 0.156 e. The summed E-state index contributed by atoms with van der Waals surface area (Å²) >= 11 is 1.46. The predicted octanol–water partition coefficient (Wildman–Crippen LogP) is 2.93. The Labute approximate surface area is 105 Å². The van der Waals surface area contributed by atoms with Crippen molar-refractivity contribution in [2.24, 2.45) is 0 Å². The van der Waals surface area contributed by atoms with Crippen molar-refractivity contribution in [1.29, 1.82) is 0 Å². The molecule has 0 saturated heterocycles. The molecule has 3 nitrogen and oxygen atoms in total. The quantitative estimate of drug-likeness (QED) is 0.933. The lowest BCUT2D eigenvalue weighted by Crippen LogP contribution is -2.15. The van der Waals surface area contributed by atoms with Crippen LogP contribution >= 0.6 is 11.3 Å². The topological polar surface area (TPSA) is 54.4 Å².